The lowest BCUT2D eigenvalue weighted by atomic mass is 10.1. The number of carbonyl (C=O) groups is 2. The van der Waals surface area contributed by atoms with Gasteiger partial charge in [-0.2, -0.15) is 0 Å². The molecule has 7 nitrogen and oxygen atoms in total. The van der Waals surface area contributed by atoms with Crippen LogP contribution in [0.25, 0.3) is 0 Å². The van der Waals surface area contributed by atoms with Crippen LogP contribution in [0.5, 0.6) is 0 Å². The van der Waals surface area contributed by atoms with Gasteiger partial charge in [0.05, 0.1) is 13.2 Å². The zero-order chi connectivity index (χ0) is 19.2. The van der Waals surface area contributed by atoms with E-state index in [-0.39, 0.29) is 23.9 Å². The first-order valence-corrected chi connectivity index (χ1v) is 8.56. The largest absolute Gasteiger partial charge is 0.370 e. The van der Waals surface area contributed by atoms with Crippen molar-refractivity contribution in [3.63, 3.8) is 0 Å². The van der Waals surface area contributed by atoms with Crippen LogP contribution in [0.15, 0.2) is 48.5 Å². The third-order valence-electron chi connectivity index (χ3n) is 4.39. The van der Waals surface area contributed by atoms with E-state index in [0.29, 0.717) is 31.8 Å². The summed E-state index contributed by atoms with van der Waals surface area (Å²) in [6, 6.07) is 12.7. The number of hydrazine groups is 1. The topological polar surface area (TPSA) is 96.7 Å². The third-order valence-corrected chi connectivity index (χ3v) is 4.39. The van der Waals surface area contributed by atoms with Crippen molar-refractivity contribution in [1.82, 2.24) is 15.6 Å². The van der Waals surface area contributed by atoms with Gasteiger partial charge in [-0.15, -0.1) is 0 Å². The summed E-state index contributed by atoms with van der Waals surface area (Å²) in [6.45, 7) is 1.63. The first-order valence-electron chi connectivity index (χ1n) is 8.56. The minimum absolute atomic E-state index is 0.200. The summed E-state index contributed by atoms with van der Waals surface area (Å²) in [5.41, 5.74) is 4.21. The van der Waals surface area contributed by atoms with Crippen molar-refractivity contribution in [2.24, 2.45) is 5.84 Å². The van der Waals surface area contributed by atoms with Crippen LogP contribution in [0, 0.1) is 5.82 Å². The molecule has 0 radical (unpaired) electrons. The average Bonchev–Trinajstić information content (AvgIpc) is 2.72. The van der Waals surface area contributed by atoms with Gasteiger partial charge in [0.2, 0.25) is 0 Å². The molecule has 27 heavy (non-hydrogen) atoms. The predicted octanol–water partition coefficient (Wildman–Crippen LogP) is 1.71. The fourth-order valence-corrected chi connectivity index (χ4v) is 2.86. The number of urea groups is 1. The summed E-state index contributed by atoms with van der Waals surface area (Å²) in [5, 5.41) is 2.86. The number of carbonyl (C=O) groups excluding carboxylic acids is 2. The molecule has 1 atom stereocenters. The quantitative estimate of drug-likeness (QED) is 0.432. The molecule has 1 saturated heterocycles. The maximum absolute atomic E-state index is 13.1. The second-order valence-electron chi connectivity index (χ2n) is 6.19. The number of nitrogens with two attached hydrogens (primary N) is 1. The summed E-state index contributed by atoms with van der Waals surface area (Å²) < 4.78 is 18.8. The number of ether oxygens (including phenoxy) is 1. The second-order valence-corrected chi connectivity index (χ2v) is 6.19. The Balaban J connectivity index is 1.54. The summed E-state index contributed by atoms with van der Waals surface area (Å²) in [4.78, 5) is 25.5. The predicted molar refractivity (Wildman–Crippen MR) is 97.0 cm³/mol. The van der Waals surface area contributed by atoms with Crippen molar-refractivity contribution in [1.29, 1.82) is 0 Å². The number of rotatable bonds is 4. The minimum Gasteiger partial charge on any atom is -0.370 e. The van der Waals surface area contributed by atoms with E-state index in [1.54, 1.807) is 41.3 Å². The Morgan fingerprint density at radius 1 is 1.15 bits per heavy atom. The molecule has 1 fully saturated rings. The molecule has 142 valence electrons. The molecule has 1 aliphatic rings. The number of nitrogens with zero attached hydrogens (tertiary/aromatic N) is 1. The zero-order valence-corrected chi connectivity index (χ0v) is 14.7. The number of nitrogen functional groups attached to an aromatic ring is 1. The van der Waals surface area contributed by atoms with Crippen LogP contribution < -0.4 is 16.6 Å². The molecule has 0 aromatic heterocycles. The fourth-order valence-electron chi connectivity index (χ4n) is 2.86. The number of hydrogen-bond donors (Lipinski definition) is 3. The van der Waals surface area contributed by atoms with Crippen LogP contribution in [-0.2, 0) is 11.3 Å². The summed E-state index contributed by atoms with van der Waals surface area (Å²) >= 11 is 0. The Morgan fingerprint density at radius 3 is 2.52 bits per heavy atom. The van der Waals surface area contributed by atoms with Gasteiger partial charge in [0.1, 0.15) is 11.9 Å². The second kappa shape index (κ2) is 8.61. The molecule has 1 aliphatic heterocycles. The molecule has 3 rings (SSSR count). The highest BCUT2D eigenvalue weighted by molar-refractivity contribution is 5.93. The molecule has 1 heterocycles. The standard InChI is InChI=1S/C19H21FN4O3/c20-16-7-5-14(6-8-16)17-12-24(9-10-27-17)19(26)22-11-13-1-3-15(4-2-13)18(25)23-21/h1-8,17H,9-12,21H2,(H,22,26)(H,23,25). The molecule has 0 saturated carbocycles. The molecule has 2 aromatic carbocycles. The van der Waals surface area contributed by atoms with Gasteiger partial charge in [0.25, 0.3) is 5.91 Å². The third kappa shape index (κ3) is 4.81. The number of amides is 3. The zero-order valence-electron chi connectivity index (χ0n) is 14.7. The molecule has 0 spiro atoms. The Kier molecular flexibility index (Phi) is 6.00. The molecular formula is C19H21FN4O3. The van der Waals surface area contributed by atoms with E-state index in [1.807, 2.05) is 0 Å². The van der Waals surface area contributed by atoms with Gasteiger partial charge >= 0.3 is 6.03 Å². The van der Waals surface area contributed by atoms with Gasteiger partial charge in [-0.1, -0.05) is 24.3 Å². The SMILES string of the molecule is NNC(=O)c1ccc(CNC(=O)N2CCOC(c3ccc(F)cc3)C2)cc1. The van der Waals surface area contributed by atoms with Crippen molar-refractivity contribution < 1.29 is 18.7 Å². The highest BCUT2D eigenvalue weighted by atomic mass is 19.1. The van der Waals surface area contributed by atoms with Gasteiger partial charge in [-0.25, -0.2) is 15.0 Å². The highest BCUT2D eigenvalue weighted by Crippen LogP contribution is 2.22. The Hall–Kier alpha value is -2.97. The summed E-state index contributed by atoms with van der Waals surface area (Å²) in [6.07, 6.45) is -0.279. The average molecular weight is 372 g/mol. The van der Waals surface area contributed by atoms with Gasteiger partial charge in [-0.05, 0) is 35.4 Å². The lowest BCUT2D eigenvalue weighted by Gasteiger charge is -2.33. The molecule has 2 aromatic rings. The van der Waals surface area contributed by atoms with Crippen molar-refractivity contribution in [2.45, 2.75) is 12.6 Å². The molecule has 8 heteroatoms. The molecule has 0 bridgehead atoms. The van der Waals surface area contributed by atoms with E-state index in [0.717, 1.165) is 11.1 Å². The Labute approximate surface area is 156 Å². The van der Waals surface area contributed by atoms with E-state index in [2.05, 4.69) is 10.7 Å². The van der Waals surface area contributed by atoms with Crippen LogP contribution in [0.2, 0.25) is 0 Å². The van der Waals surface area contributed by atoms with E-state index in [1.165, 1.54) is 12.1 Å². The maximum atomic E-state index is 13.1. The smallest absolute Gasteiger partial charge is 0.317 e. The van der Waals surface area contributed by atoms with Gasteiger partial charge in [0.15, 0.2) is 0 Å². The monoisotopic (exact) mass is 372 g/mol. The van der Waals surface area contributed by atoms with Crippen LogP contribution in [0.4, 0.5) is 9.18 Å². The molecule has 3 amide bonds. The maximum Gasteiger partial charge on any atom is 0.317 e. The van der Waals surface area contributed by atoms with Crippen LogP contribution in [-0.4, -0.2) is 36.5 Å². The lowest BCUT2D eigenvalue weighted by molar-refractivity contribution is -0.0155. The number of nitrogens with one attached hydrogen (secondary N) is 2. The lowest BCUT2D eigenvalue weighted by Crippen LogP contribution is -2.46. The molecule has 4 N–H and O–H groups in total. The molecular weight excluding hydrogens is 351 g/mol. The first-order chi connectivity index (χ1) is 13.1. The summed E-state index contributed by atoms with van der Waals surface area (Å²) in [5.74, 6) is 4.42. The minimum atomic E-state index is -0.370. The van der Waals surface area contributed by atoms with Crippen molar-refractivity contribution >= 4 is 11.9 Å². The van der Waals surface area contributed by atoms with Crippen LogP contribution in [0.1, 0.15) is 27.6 Å². The first kappa shape index (κ1) is 18.8. The fraction of sp³-hybridized carbons (Fsp3) is 0.263. The Morgan fingerprint density at radius 2 is 1.85 bits per heavy atom. The van der Waals surface area contributed by atoms with Crippen LogP contribution in [0.3, 0.4) is 0 Å². The van der Waals surface area contributed by atoms with Gasteiger partial charge in [0, 0.05) is 18.7 Å². The van der Waals surface area contributed by atoms with Crippen LogP contribution >= 0.6 is 0 Å². The van der Waals surface area contributed by atoms with E-state index >= 15 is 0 Å². The van der Waals surface area contributed by atoms with E-state index in [9.17, 15) is 14.0 Å². The summed E-state index contributed by atoms with van der Waals surface area (Å²) in [7, 11) is 0. The Bertz CT molecular complexity index is 796. The van der Waals surface area contributed by atoms with Crippen molar-refractivity contribution in [3.8, 4) is 0 Å². The van der Waals surface area contributed by atoms with Crippen molar-refractivity contribution in [2.75, 3.05) is 19.7 Å². The molecule has 1 unspecified atom stereocenters. The number of morpholine rings is 1. The number of benzene rings is 2. The van der Waals surface area contributed by atoms with E-state index in [4.69, 9.17) is 10.6 Å². The van der Waals surface area contributed by atoms with Gasteiger partial charge in [-0.3, -0.25) is 10.2 Å². The van der Waals surface area contributed by atoms with Gasteiger partial charge < -0.3 is 15.0 Å². The number of hydrogen-bond acceptors (Lipinski definition) is 4. The molecule has 0 aliphatic carbocycles. The number of halogens is 1. The normalized spacial score (nSPS) is 16.7. The van der Waals surface area contributed by atoms with E-state index < -0.39 is 0 Å². The highest BCUT2D eigenvalue weighted by Gasteiger charge is 2.25. The van der Waals surface area contributed by atoms with Crippen molar-refractivity contribution in [3.05, 3.63) is 71.0 Å².